The summed E-state index contributed by atoms with van der Waals surface area (Å²) in [5, 5.41) is 0. The summed E-state index contributed by atoms with van der Waals surface area (Å²) in [6.07, 6.45) is 5.39. The summed E-state index contributed by atoms with van der Waals surface area (Å²) in [4.78, 5) is -0.0347. The maximum Gasteiger partial charge on any atom is 0.248 e. The Bertz CT molecular complexity index is 647. The Morgan fingerprint density at radius 1 is 1.08 bits per heavy atom. The molecule has 0 bridgehead atoms. The molecule has 1 aromatic carbocycles. The molecule has 25 heavy (non-hydrogen) atoms. The zero-order valence-corrected chi connectivity index (χ0v) is 15.9. The molecule has 8 heteroatoms. The fraction of sp³-hybridized carbons (Fsp3) is 0.647. The quantitative estimate of drug-likeness (QED) is 0.723. The molecule has 1 aliphatic rings. The molecule has 1 fully saturated rings. The van der Waals surface area contributed by atoms with Gasteiger partial charge in [0, 0.05) is 24.7 Å². The fourth-order valence-electron chi connectivity index (χ4n) is 3.37. The number of nitrogens with two attached hydrogens (primary N) is 1. The topological polar surface area (TPSA) is 99.9 Å². The molecule has 3 N–H and O–H groups in total. The summed E-state index contributed by atoms with van der Waals surface area (Å²) in [5.74, 6) is 1.05. The maximum atomic E-state index is 13.0. The Balaban J connectivity index is 2.37. The van der Waals surface area contributed by atoms with Crippen molar-refractivity contribution >= 4 is 10.0 Å². The van der Waals surface area contributed by atoms with Gasteiger partial charge in [-0.3, -0.25) is 0 Å². The largest absolute Gasteiger partial charge is 0.496 e. The fourth-order valence-corrected chi connectivity index (χ4v) is 4.99. The lowest BCUT2D eigenvalue weighted by Gasteiger charge is -2.30. The summed E-state index contributed by atoms with van der Waals surface area (Å²) < 4.78 is 44.5. The van der Waals surface area contributed by atoms with Gasteiger partial charge in [0.15, 0.2) is 4.90 Å². The Hall–Kier alpha value is -1.51. The van der Waals surface area contributed by atoms with E-state index in [1.165, 1.54) is 39.9 Å². The van der Waals surface area contributed by atoms with Crippen molar-refractivity contribution in [3.05, 3.63) is 12.1 Å². The summed E-state index contributed by atoms with van der Waals surface area (Å²) >= 11 is 0. The van der Waals surface area contributed by atoms with E-state index in [4.69, 9.17) is 19.9 Å². The van der Waals surface area contributed by atoms with Crippen molar-refractivity contribution in [3.8, 4) is 17.2 Å². The van der Waals surface area contributed by atoms with Gasteiger partial charge in [-0.15, -0.1) is 0 Å². The highest BCUT2D eigenvalue weighted by atomic mass is 32.2. The lowest BCUT2D eigenvalue weighted by Crippen LogP contribution is -2.45. The molecule has 1 aliphatic carbocycles. The molecule has 0 spiro atoms. The van der Waals surface area contributed by atoms with Crippen molar-refractivity contribution in [2.24, 2.45) is 11.7 Å². The lowest BCUT2D eigenvalue weighted by molar-refractivity contribution is 0.293. The van der Waals surface area contributed by atoms with Gasteiger partial charge in [0.2, 0.25) is 10.0 Å². The van der Waals surface area contributed by atoms with Crippen LogP contribution in [0.15, 0.2) is 17.0 Å². The first-order valence-electron chi connectivity index (χ1n) is 8.49. The first-order valence-corrected chi connectivity index (χ1v) is 9.97. The molecular weight excluding hydrogens is 344 g/mol. The van der Waals surface area contributed by atoms with E-state index >= 15 is 0 Å². The summed E-state index contributed by atoms with van der Waals surface area (Å²) in [5.41, 5.74) is 5.87. The minimum atomic E-state index is -3.87. The average Bonchev–Trinajstić information content (AvgIpc) is 2.65. The second-order valence-corrected chi connectivity index (χ2v) is 7.87. The molecule has 142 valence electrons. The van der Waals surface area contributed by atoms with Crippen LogP contribution in [0.4, 0.5) is 0 Å². The van der Waals surface area contributed by atoms with Crippen LogP contribution in [-0.4, -0.2) is 42.3 Å². The van der Waals surface area contributed by atoms with Crippen molar-refractivity contribution < 1.29 is 22.6 Å². The van der Waals surface area contributed by atoms with Gasteiger partial charge in [0.05, 0.1) is 21.3 Å². The van der Waals surface area contributed by atoms with Crippen molar-refractivity contribution in [3.63, 3.8) is 0 Å². The van der Waals surface area contributed by atoms with Crippen LogP contribution in [0.1, 0.15) is 32.1 Å². The van der Waals surface area contributed by atoms with E-state index in [-0.39, 0.29) is 34.9 Å². The van der Waals surface area contributed by atoms with Gasteiger partial charge < -0.3 is 19.9 Å². The second kappa shape index (κ2) is 8.73. The van der Waals surface area contributed by atoms with Crippen LogP contribution in [0.2, 0.25) is 0 Å². The Labute approximate surface area is 149 Å². The first kappa shape index (κ1) is 19.8. The van der Waals surface area contributed by atoms with Gasteiger partial charge in [0.25, 0.3) is 0 Å². The number of methoxy groups -OCH3 is 3. The highest BCUT2D eigenvalue weighted by Crippen LogP contribution is 2.38. The summed E-state index contributed by atoms with van der Waals surface area (Å²) in [7, 11) is 0.450. The van der Waals surface area contributed by atoms with Gasteiger partial charge in [-0.2, -0.15) is 0 Å². The third kappa shape index (κ3) is 4.56. The van der Waals surface area contributed by atoms with E-state index in [1.807, 2.05) is 0 Å². The third-order valence-electron chi connectivity index (χ3n) is 4.72. The summed E-state index contributed by atoms with van der Waals surface area (Å²) in [6.45, 7) is 0.255. The van der Waals surface area contributed by atoms with Crippen molar-refractivity contribution in [1.82, 2.24) is 4.72 Å². The van der Waals surface area contributed by atoms with Crippen molar-refractivity contribution in [2.45, 2.75) is 43.0 Å². The molecule has 0 radical (unpaired) electrons. The normalized spacial score (nSPS) is 17.1. The average molecular weight is 372 g/mol. The highest BCUT2D eigenvalue weighted by Gasteiger charge is 2.31. The molecule has 2 rings (SSSR count). The van der Waals surface area contributed by atoms with Gasteiger partial charge in [-0.05, 0) is 18.8 Å². The molecular formula is C17H28N2O5S. The van der Waals surface area contributed by atoms with Crippen molar-refractivity contribution in [1.29, 1.82) is 0 Å². The minimum Gasteiger partial charge on any atom is -0.496 e. The van der Waals surface area contributed by atoms with Crippen LogP contribution in [0, 0.1) is 5.92 Å². The first-order chi connectivity index (χ1) is 12.0. The number of hydrogen-bond donors (Lipinski definition) is 2. The van der Waals surface area contributed by atoms with E-state index in [1.54, 1.807) is 0 Å². The SMILES string of the molecule is COc1cc(OC)c(S(=O)(=O)NC(CN)C2CCCCC2)c(OC)c1. The third-order valence-corrected chi connectivity index (χ3v) is 6.27. The molecule has 1 saturated carbocycles. The van der Waals surface area contributed by atoms with Crippen LogP contribution in [-0.2, 0) is 10.0 Å². The van der Waals surface area contributed by atoms with Gasteiger partial charge >= 0.3 is 0 Å². The van der Waals surface area contributed by atoms with E-state index in [0.717, 1.165) is 25.7 Å². The molecule has 0 heterocycles. The maximum absolute atomic E-state index is 13.0. The number of rotatable bonds is 8. The standard InChI is InChI=1S/C17H28N2O5S/c1-22-13-9-15(23-2)17(16(10-13)24-3)25(20,21)19-14(11-18)12-7-5-4-6-8-12/h9-10,12,14,19H,4-8,11,18H2,1-3H3. The number of hydrogen-bond acceptors (Lipinski definition) is 6. The molecule has 0 aromatic heterocycles. The summed E-state index contributed by atoms with van der Waals surface area (Å²) in [6, 6.07) is 2.74. The van der Waals surface area contributed by atoms with E-state index < -0.39 is 10.0 Å². The van der Waals surface area contributed by atoms with Gasteiger partial charge in [-0.25, -0.2) is 13.1 Å². The second-order valence-electron chi connectivity index (χ2n) is 6.22. The van der Waals surface area contributed by atoms with Crippen LogP contribution >= 0.6 is 0 Å². The van der Waals surface area contributed by atoms with Crippen molar-refractivity contribution in [2.75, 3.05) is 27.9 Å². The molecule has 1 unspecified atom stereocenters. The minimum absolute atomic E-state index is 0.0347. The van der Waals surface area contributed by atoms with Gasteiger partial charge in [-0.1, -0.05) is 19.3 Å². The van der Waals surface area contributed by atoms with E-state index in [9.17, 15) is 8.42 Å². The van der Waals surface area contributed by atoms with Crippen LogP contribution in [0.3, 0.4) is 0 Å². The zero-order chi connectivity index (χ0) is 18.4. The molecule has 0 saturated heterocycles. The molecule has 7 nitrogen and oxygen atoms in total. The number of benzene rings is 1. The number of ether oxygens (including phenoxy) is 3. The van der Waals surface area contributed by atoms with Crippen LogP contribution < -0.4 is 24.7 Å². The predicted octanol–water partition coefficient (Wildman–Crippen LogP) is 1.90. The number of nitrogens with one attached hydrogen (secondary N) is 1. The Kier molecular flexibility index (Phi) is 6.92. The smallest absolute Gasteiger partial charge is 0.248 e. The predicted molar refractivity (Wildman–Crippen MR) is 95.8 cm³/mol. The highest BCUT2D eigenvalue weighted by molar-refractivity contribution is 7.89. The monoisotopic (exact) mass is 372 g/mol. The van der Waals surface area contributed by atoms with Crippen LogP contribution in [0.5, 0.6) is 17.2 Å². The zero-order valence-electron chi connectivity index (χ0n) is 15.1. The van der Waals surface area contributed by atoms with E-state index in [0.29, 0.717) is 5.75 Å². The molecule has 1 atom stereocenters. The number of sulfonamides is 1. The van der Waals surface area contributed by atoms with E-state index in [2.05, 4.69) is 4.72 Å². The molecule has 1 aromatic rings. The Morgan fingerprint density at radius 3 is 2.08 bits per heavy atom. The Morgan fingerprint density at radius 2 is 1.64 bits per heavy atom. The molecule has 0 amide bonds. The molecule has 0 aliphatic heterocycles. The van der Waals surface area contributed by atoms with Gasteiger partial charge in [0.1, 0.15) is 17.2 Å². The lowest BCUT2D eigenvalue weighted by atomic mass is 9.84. The van der Waals surface area contributed by atoms with Crippen LogP contribution in [0.25, 0.3) is 0 Å².